The van der Waals surface area contributed by atoms with Gasteiger partial charge in [0.2, 0.25) is 5.95 Å². The van der Waals surface area contributed by atoms with Crippen molar-refractivity contribution in [1.82, 2.24) is 9.97 Å². The fourth-order valence-corrected chi connectivity index (χ4v) is 1.36. The van der Waals surface area contributed by atoms with E-state index in [1.165, 1.54) is 0 Å². The summed E-state index contributed by atoms with van der Waals surface area (Å²) in [7, 11) is 2.03. The van der Waals surface area contributed by atoms with Crippen LogP contribution >= 0.6 is 15.9 Å². The van der Waals surface area contributed by atoms with E-state index in [2.05, 4.69) is 44.6 Å². The summed E-state index contributed by atoms with van der Waals surface area (Å²) >= 11 is 3.37. The third-order valence-corrected chi connectivity index (χ3v) is 3.06. The quantitative estimate of drug-likeness (QED) is 0.777. The Hall–Kier alpha value is -0.640. The summed E-state index contributed by atoms with van der Waals surface area (Å²) in [5, 5.41) is 0.806. The number of halogens is 1. The van der Waals surface area contributed by atoms with Crippen molar-refractivity contribution in [3.05, 3.63) is 18.0 Å². The summed E-state index contributed by atoms with van der Waals surface area (Å²) in [6.45, 7) is 4.33. The number of anilines is 1. The average molecular weight is 258 g/mol. The van der Waals surface area contributed by atoms with E-state index in [-0.39, 0.29) is 0 Å². The van der Waals surface area contributed by atoms with Crippen LogP contribution in [0.1, 0.15) is 25.8 Å². The largest absolute Gasteiger partial charge is 0.341 e. The molecule has 1 atom stereocenters. The van der Waals surface area contributed by atoms with Gasteiger partial charge >= 0.3 is 0 Å². The van der Waals surface area contributed by atoms with Crippen LogP contribution < -0.4 is 4.90 Å². The minimum Gasteiger partial charge on any atom is -0.341 e. The van der Waals surface area contributed by atoms with Crippen LogP contribution in [-0.2, 0) is 5.33 Å². The number of alkyl halides is 1. The molecule has 1 aromatic heterocycles. The van der Waals surface area contributed by atoms with E-state index >= 15 is 0 Å². The second-order valence-corrected chi connectivity index (χ2v) is 3.95. The average Bonchev–Trinajstić information content (AvgIpc) is 2.27. The van der Waals surface area contributed by atoms with Gasteiger partial charge < -0.3 is 4.90 Å². The third kappa shape index (κ3) is 2.67. The molecule has 0 aliphatic rings. The molecule has 0 saturated carbocycles. The zero-order valence-electron chi connectivity index (χ0n) is 8.87. The van der Waals surface area contributed by atoms with E-state index < -0.39 is 0 Å². The van der Waals surface area contributed by atoms with Gasteiger partial charge in [-0.25, -0.2) is 9.97 Å². The molecular formula is C10H16BrN3. The molecule has 0 bridgehead atoms. The van der Waals surface area contributed by atoms with Crippen LogP contribution in [0.4, 0.5) is 5.95 Å². The maximum atomic E-state index is 4.30. The van der Waals surface area contributed by atoms with Crippen LogP contribution in [0.3, 0.4) is 0 Å². The Morgan fingerprint density at radius 3 is 2.43 bits per heavy atom. The van der Waals surface area contributed by atoms with E-state index in [1.807, 2.05) is 19.4 Å². The van der Waals surface area contributed by atoms with Crippen LogP contribution in [0, 0.1) is 0 Å². The van der Waals surface area contributed by atoms with Crippen molar-refractivity contribution in [3.8, 4) is 0 Å². The molecule has 14 heavy (non-hydrogen) atoms. The van der Waals surface area contributed by atoms with Crippen LogP contribution in [0.25, 0.3) is 0 Å². The lowest BCUT2D eigenvalue weighted by Gasteiger charge is -2.23. The van der Waals surface area contributed by atoms with Crippen molar-refractivity contribution in [2.75, 3.05) is 11.9 Å². The molecule has 1 heterocycles. The van der Waals surface area contributed by atoms with Gasteiger partial charge in [0, 0.05) is 30.8 Å². The van der Waals surface area contributed by atoms with Gasteiger partial charge in [0.1, 0.15) is 0 Å². The Balaban J connectivity index is 2.75. The fraction of sp³-hybridized carbons (Fsp3) is 0.600. The Morgan fingerprint density at radius 1 is 1.43 bits per heavy atom. The molecule has 3 nitrogen and oxygen atoms in total. The van der Waals surface area contributed by atoms with Crippen LogP contribution in [0.15, 0.2) is 12.4 Å². The first-order valence-corrected chi connectivity index (χ1v) is 5.90. The van der Waals surface area contributed by atoms with Crippen molar-refractivity contribution in [2.24, 2.45) is 0 Å². The molecule has 78 valence electrons. The van der Waals surface area contributed by atoms with Crippen molar-refractivity contribution in [2.45, 2.75) is 31.6 Å². The van der Waals surface area contributed by atoms with Gasteiger partial charge in [-0.3, -0.25) is 0 Å². The molecule has 1 aromatic rings. The Kier molecular flexibility index (Phi) is 4.32. The monoisotopic (exact) mass is 257 g/mol. The van der Waals surface area contributed by atoms with E-state index in [1.54, 1.807) is 0 Å². The summed E-state index contributed by atoms with van der Waals surface area (Å²) in [4.78, 5) is 10.7. The van der Waals surface area contributed by atoms with Gasteiger partial charge in [-0.2, -0.15) is 0 Å². The molecule has 0 radical (unpaired) electrons. The molecule has 0 aromatic carbocycles. The molecule has 0 spiro atoms. The van der Waals surface area contributed by atoms with Crippen LogP contribution in [0.5, 0.6) is 0 Å². The summed E-state index contributed by atoms with van der Waals surface area (Å²) in [5.74, 6) is 0.795. The molecule has 0 aliphatic carbocycles. The van der Waals surface area contributed by atoms with Crippen LogP contribution in [-0.4, -0.2) is 23.1 Å². The maximum absolute atomic E-state index is 4.30. The molecule has 0 aliphatic heterocycles. The Bertz CT molecular complexity index is 273. The molecule has 0 amide bonds. The highest BCUT2D eigenvalue weighted by Gasteiger charge is 2.09. The lowest BCUT2D eigenvalue weighted by atomic mass is 10.2. The lowest BCUT2D eigenvalue weighted by molar-refractivity contribution is 0.648. The smallest absolute Gasteiger partial charge is 0.225 e. The minimum absolute atomic E-state index is 0.477. The predicted octanol–water partition coefficient (Wildman–Crippen LogP) is 2.61. The Labute approximate surface area is 93.7 Å². The van der Waals surface area contributed by atoms with E-state index in [0.717, 1.165) is 23.3 Å². The number of aromatic nitrogens is 2. The summed E-state index contributed by atoms with van der Waals surface area (Å²) in [5.41, 5.74) is 1.10. The number of hydrogen-bond acceptors (Lipinski definition) is 3. The van der Waals surface area contributed by atoms with Crippen LogP contribution in [0.2, 0.25) is 0 Å². The predicted molar refractivity (Wildman–Crippen MR) is 62.8 cm³/mol. The first-order chi connectivity index (χ1) is 6.69. The van der Waals surface area contributed by atoms with Gasteiger partial charge in [0.15, 0.2) is 0 Å². The maximum Gasteiger partial charge on any atom is 0.225 e. The molecule has 0 fully saturated rings. The zero-order valence-corrected chi connectivity index (χ0v) is 10.5. The van der Waals surface area contributed by atoms with E-state index in [4.69, 9.17) is 0 Å². The second-order valence-electron chi connectivity index (χ2n) is 3.39. The molecular weight excluding hydrogens is 242 g/mol. The topological polar surface area (TPSA) is 29.0 Å². The summed E-state index contributed by atoms with van der Waals surface area (Å²) in [6, 6.07) is 0.477. The minimum atomic E-state index is 0.477. The summed E-state index contributed by atoms with van der Waals surface area (Å²) in [6.07, 6.45) is 4.81. The lowest BCUT2D eigenvalue weighted by Crippen LogP contribution is -2.29. The van der Waals surface area contributed by atoms with Gasteiger partial charge in [-0.15, -0.1) is 0 Å². The molecule has 4 heteroatoms. The highest BCUT2D eigenvalue weighted by atomic mass is 79.9. The highest BCUT2D eigenvalue weighted by Crippen LogP contribution is 2.11. The standard InChI is InChI=1S/C10H16BrN3/c1-4-8(2)14(3)10-12-6-9(5-11)7-13-10/h6-8H,4-5H2,1-3H3. The normalized spacial score (nSPS) is 12.6. The fourth-order valence-electron chi connectivity index (χ4n) is 1.07. The number of nitrogens with zero attached hydrogens (tertiary/aromatic N) is 3. The van der Waals surface area contributed by atoms with Gasteiger partial charge in [-0.05, 0) is 18.9 Å². The van der Waals surface area contributed by atoms with Gasteiger partial charge in [0.25, 0.3) is 0 Å². The summed E-state index contributed by atoms with van der Waals surface area (Å²) < 4.78 is 0. The van der Waals surface area contributed by atoms with Crippen molar-refractivity contribution in [3.63, 3.8) is 0 Å². The highest BCUT2D eigenvalue weighted by molar-refractivity contribution is 9.08. The van der Waals surface area contributed by atoms with Gasteiger partial charge in [0.05, 0.1) is 0 Å². The SMILES string of the molecule is CCC(C)N(C)c1ncc(CBr)cn1. The number of hydrogen-bond donors (Lipinski definition) is 0. The zero-order chi connectivity index (χ0) is 10.6. The van der Waals surface area contributed by atoms with Crippen molar-refractivity contribution < 1.29 is 0 Å². The Morgan fingerprint density at radius 2 is 2.00 bits per heavy atom. The van der Waals surface area contributed by atoms with Crippen molar-refractivity contribution >= 4 is 21.9 Å². The number of rotatable bonds is 4. The van der Waals surface area contributed by atoms with E-state index in [0.29, 0.717) is 6.04 Å². The second kappa shape index (κ2) is 5.29. The third-order valence-electron chi connectivity index (χ3n) is 2.41. The van der Waals surface area contributed by atoms with Gasteiger partial charge in [-0.1, -0.05) is 22.9 Å². The molecule has 1 unspecified atom stereocenters. The molecule has 0 N–H and O–H groups in total. The first kappa shape index (κ1) is 11.4. The van der Waals surface area contributed by atoms with E-state index in [9.17, 15) is 0 Å². The molecule has 1 rings (SSSR count). The van der Waals surface area contributed by atoms with Crippen molar-refractivity contribution in [1.29, 1.82) is 0 Å². The molecule has 0 saturated heterocycles. The first-order valence-electron chi connectivity index (χ1n) is 4.78.